The second-order valence-electron chi connectivity index (χ2n) is 6.44. The molecule has 10 heteroatoms. The number of thioether (sulfide) groups is 1. The van der Waals surface area contributed by atoms with Gasteiger partial charge in [-0.05, 0) is 31.2 Å². The highest BCUT2D eigenvalue weighted by molar-refractivity contribution is 7.99. The third kappa shape index (κ3) is 4.32. The second kappa shape index (κ2) is 8.60. The van der Waals surface area contributed by atoms with Gasteiger partial charge >= 0.3 is 0 Å². The quantitative estimate of drug-likeness (QED) is 0.352. The maximum absolute atomic E-state index is 12.5. The molecule has 0 spiro atoms. The fourth-order valence-electron chi connectivity index (χ4n) is 2.86. The highest BCUT2D eigenvalue weighted by Crippen LogP contribution is 2.24. The van der Waals surface area contributed by atoms with Gasteiger partial charge in [-0.25, -0.2) is 9.36 Å². The molecule has 2 heterocycles. The van der Waals surface area contributed by atoms with Crippen LogP contribution in [-0.4, -0.2) is 36.3 Å². The lowest BCUT2D eigenvalue weighted by Crippen LogP contribution is -2.18. The largest absolute Gasteiger partial charge is 0.335 e. The van der Waals surface area contributed by atoms with E-state index in [0.717, 1.165) is 16.9 Å². The van der Waals surface area contributed by atoms with Crippen LogP contribution in [-0.2, 0) is 4.79 Å². The number of hydrogen-bond donors (Lipinski definition) is 2. The van der Waals surface area contributed by atoms with Crippen LogP contribution < -0.4 is 11.2 Å². The van der Waals surface area contributed by atoms with Crippen LogP contribution in [0.3, 0.4) is 0 Å². The van der Waals surface area contributed by atoms with Crippen molar-refractivity contribution < 1.29 is 4.79 Å². The molecular weight excluding hydrogens is 422 g/mol. The van der Waals surface area contributed by atoms with E-state index in [1.165, 1.54) is 16.4 Å². The van der Waals surface area contributed by atoms with E-state index in [0.29, 0.717) is 21.8 Å². The molecule has 0 saturated heterocycles. The molecule has 0 radical (unpaired) electrons. The fraction of sp³-hybridized carbons (Fsp3) is 0.100. The van der Waals surface area contributed by atoms with Crippen LogP contribution >= 0.6 is 23.4 Å². The normalized spacial score (nSPS) is 10.9. The fourth-order valence-corrected chi connectivity index (χ4v) is 3.71. The molecular formula is C20H18ClN7OS. The topological polar surface area (TPSA) is 104 Å². The highest BCUT2D eigenvalue weighted by atomic mass is 35.5. The number of rotatable bonds is 6. The van der Waals surface area contributed by atoms with Crippen LogP contribution in [0.2, 0.25) is 5.02 Å². The Morgan fingerprint density at radius 2 is 1.93 bits per heavy atom. The standard InChI is InChI=1S/C20H18ClN7OS/c1-13-10-17(28(26-13)16-8-3-2-4-9-16)23-18(29)12-30-20-25-24-19(27(20)22)14-6-5-7-15(21)11-14/h2-11H,12,22H2,1H3,(H,23,29). The van der Waals surface area contributed by atoms with E-state index in [1.54, 1.807) is 16.8 Å². The van der Waals surface area contributed by atoms with Gasteiger partial charge in [0.2, 0.25) is 11.1 Å². The second-order valence-corrected chi connectivity index (χ2v) is 7.82. The van der Waals surface area contributed by atoms with Gasteiger partial charge in [0.05, 0.1) is 17.1 Å². The average Bonchev–Trinajstić information content (AvgIpc) is 3.29. The summed E-state index contributed by atoms with van der Waals surface area (Å²) < 4.78 is 3.04. The molecule has 8 nitrogen and oxygen atoms in total. The van der Waals surface area contributed by atoms with E-state index in [4.69, 9.17) is 17.4 Å². The van der Waals surface area contributed by atoms with Gasteiger partial charge in [-0.3, -0.25) is 4.79 Å². The number of nitrogens with one attached hydrogen (secondary N) is 1. The van der Waals surface area contributed by atoms with Gasteiger partial charge in [0.1, 0.15) is 5.82 Å². The summed E-state index contributed by atoms with van der Waals surface area (Å²) in [4.78, 5) is 12.5. The molecule has 0 aliphatic heterocycles. The van der Waals surface area contributed by atoms with Crippen molar-refractivity contribution in [3.05, 3.63) is 71.4 Å². The van der Waals surface area contributed by atoms with Crippen LogP contribution in [0.4, 0.5) is 5.82 Å². The Kier molecular flexibility index (Phi) is 5.73. The van der Waals surface area contributed by atoms with Crippen LogP contribution in [0, 0.1) is 6.92 Å². The summed E-state index contributed by atoms with van der Waals surface area (Å²) in [5.74, 6) is 7.09. The minimum absolute atomic E-state index is 0.115. The Labute approximate surface area is 182 Å². The van der Waals surface area contributed by atoms with Crippen LogP contribution in [0.15, 0.2) is 65.8 Å². The van der Waals surface area contributed by atoms with Crippen molar-refractivity contribution >= 4 is 35.1 Å². The van der Waals surface area contributed by atoms with Crippen LogP contribution in [0.25, 0.3) is 17.1 Å². The van der Waals surface area contributed by atoms with Crippen molar-refractivity contribution in [1.82, 2.24) is 24.7 Å². The SMILES string of the molecule is Cc1cc(NC(=O)CSc2nnc(-c3cccc(Cl)c3)n2N)n(-c2ccccc2)n1. The lowest BCUT2D eigenvalue weighted by molar-refractivity contribution is -0.113. The molecule has 0 unspecified atom stereocenters. The summed E-state index contributed by atoms with van der Waals surface area (Å²) in [6, 6.07) is 18.6. The molecule has 30 heavy (non-hydrogen) atoms. The smallest absolute Gasteiger partial charge is 0.236 e. The maximum atomic E-state index is 12.5. The van der Waals surface area contributed by atoms with Crippen LogP contribution in [0.1, 0.15) is 5.69 Å². The highest BCUT2D eigenvalue weighted by Gasteiger charge is 2.16. The minimum atomic E-state index is -0.204. The van der Waals surface area contributed by atoms with Crippen molar-refractivity contribution in [2.45, 2.75) is 12.1 Å². The van der Waals surface area contributed by atoms with E-state index in [-0.39, 0.29) is 11.7 Å². The molecule has 3 N–H and O–H groups in total. The van der Waals surface area contributed by atoms with E-state index < -0.39 is 0 Å². The summed E-state index contributed by atoms with van der Waals surface area (Å²) in [6.07, 6.45) is 0. The Balaban J connectivity index is 1.44. The zero-order valence-corrected chi connectivity index (χ0v) is 17.6. The van der Waals surface area contributed by atoms with Gasteiger partial charge < -0.3 is 11.2 Å². The van der Waals surface area contributed by atoms with Crippen molar-refractivity contribution in [3.8, 4) is 17.1 Å². The Morgan fingerprint density at radius 3 is 2.70 bits per heavy atom. The lowest BCUT2D eigenvalue weighted by atomic mass is 10.2. The van der Waals surface area contributed by atoms with Crippen molar-refractivity contribution in [2.24, 2.45) is 0 Å². The molecule has 152 valence electrons. The maximum Gasteiger partial charge on any atom is 0.236 e. The third-order valence-electron chi connectivity index (χ3n) is 4.18. The molecule has 4 rings (SSSR count). The monoisotopic (exact) mass is 439 g/mol. The third-order valence-corrected chi connectivity index (χ3v) is 5.36. The summed E-state index contributed by atoms with van der Waals surface area (Å²) in [7, 11) is 0. The zero-order valence-electron chi connectivity index (χ0n) is 16.0. The number of hydrogen-bond acceptors (Lipinski definition) is 6. The molecule has 2 aromatic heterocycles. The number of anilines is 1. The number of benzene rings is 2. The summed E-state index contributed by atoms with van der Waals surface area (Å²) in [5.41, 5.74) is 2.41. The van der Waals surface area contributed by atoms with Gasteiger partial charge in [0.15, 0.2) is 5.82 Å². The summed E-state index contributed by atoms with van der Waals surface area (Å²) >= 11 is 7.22. The molecule has 4 aromatic rings. The van der Waals surface area contributed by atoms with E-state index >= 15 is 0 Å². The first kappa shape index (κ1) is 20.0. The molecule has 2 aromatic carbocycles. The number of aryl methyl sites for hydroxylation is 1. The number of aromatic nitrogens is 5. The number of nitrogen functional groups attached to an aromatic ring is 1. The first-order valence-corrected chi connectivity index (χ1v) is 10.4. The predicted octanol–water partition coefficient (Wildman–Crippen LogP) is 3.54. The number of nitrogens with two attached hydrogens (primary N) is 1. The van der Waals surface area contributed by atoms with E-state index in [2.05, 4.69) is 20.6 Å². The van der Waals surface area contributed by atoms with Crippen LogP contribution in [0.5, 0.6) is 0 Å². The van der Waals surface area contributed by atoms with Gasteiger partial charge in [-0.1, -0.05) is 53.7 Å². The summed E-state index contributed by atoms with van der Waals surface area (Å²) in [6.45, 7) is 1.87. The van der Waals surface area contributed by atoms with Gasteiger partial charge in [-0.15, -0.1) is 10.2 Å². The van der Waals surface area contributed by atoms with Crippen molar-refractivity contribution in [1.29, 1.82) is 0 Å². The van der Waals surface area contributed by atoms with Crippen molar-refractivity contribution in [2.75, 3.05) is 16.9 Å². The van der Waals surface area contributed by atoms with E-state index in [1.807, 2.05) is 55.5 Å². The van der Waals surface area contributed by atoms with Crippen molar-refractivity contribution in [3.63, 3.8) is 0 Å². The number of nitrogens with zero attached hydrogens (tertiary/aromatic N) is 5. The number of carbonyl (C=O) groups excluding carboxylic acids is 1. The molecule has 0 bridgehead atoms. The lowest BCUT2D eigenvalue weighted by Gasteiger charge is -2.08. The van der Waals surface area contributed by atoms with Gasteiger partial charge in [-0.2, -0.15) is 5.10 Å². The number of para-hydroxylation sites is 1. The number of halogens is 1. The number of amides is 1. The molecule has 0 saturated carbocycles. The minimum Gasteiger partial charge on any atom is -0.335 e. The van der Waals surface area contributed by atoms with Gasteiger partial charge in [0, 0.05) is 16.7 Å². The number of carbonyl (C=O) groups is 1. The predicted molar refractivity (Wildman–Crippen MR) is 118 cm³/mol. The summed E-state index contributed by atoms with van der Waals surface area (Å²) in [5, 5.41) is 16.5. The Bertz CT molecular complexity index is 1190. The molecule has 0 atom stereocenters. The first-order valence-electron chi connectivity index (χ1n) is 9.02. The zero-order chi connectivity index (χ0) is 21.1. The van der Waals surface area contributed by atoms with Gasteiger partial charge in [0.25, 0.3) is 0 Å². The molecule has 0 aliphatic rings. The molecule has 0 aliphatic carbocycles. The van der Waals surface area contributed by atoms with E-state index in [9.17, 15) is 4.79 Å². The molecule has 0 fully saturated rings. The Morgan fingerprint density at radius 1 is 1.13 bits per heavy atom. The first-order chi connectivity index (χ1) is 14.5. The molecule has 1 amide bonds. The average molecular weight is 440 g/mol. The Hall–Kier alpha value is -3.30.